The van der Waals surface area contributed by atoms with Crippen molar-refractivity contribution in [3.63, 3.8) is 0 Å². The smallest absolute Gasteiger partial charge is 0.125 e. The van der Waals surface area contributed by atoms with Gasteiger partial charge in [0, 0.05) is 10.3 Å². The van der Waals surface area contributed by atoms with Gasteiger partial charge in [0.1, 0.15) is 4.83 Å². The minimum atomic E-state index is 0. The number of halogens is 1. The van der Waals surface area contributed by atoms with Gasteiger partial charge in [-0.3, -0.25) is 0 Å². The van der Waals surface area contributed by atoms with Gasteiger partial charge in [0.15, 0.2) is 0 Å². The average molecular weight is 425 g/mol. The Morgan fingerprint density at radius 1 is 1.11 bits per heavy atom. The second-order valence-corrected chi connectivity index (χ2v) is 9.87. The lowest BCUT2D eigenvalue weighted by Crippen LogP contribution is -3.00. The Bertz CT molecular complexity index is 1140. The molecular weight excluding hydrogens is 402 g/mol. The number of thiophene rings is 2. The Hall–Kier alpha value is -1.68. The fourth-order valence-electron chi connectivity index (χ4n) is 4.38. The predicted octanol–water partition coefficient (Wildman–Crippen LogP) is 4.44. The molecular formula is C24H23ClNS2-. The molecule has 1 nitrogen and oxygen atoms in total. The van der Waals surface area contributed by atoms with Crippen molar-refractivity contribution in [2.24, 2.45) is 5.92 Å². The summed E-state index contributed by atoms with van der Waals surface area (Å²) in [6.45, 7) is 6.82. The molecule has 0 spiro atoms. The Morgan fingerprint density at radius 2 is 1.96 bits per heavy atom. The maximum Gasteiger partial charge on any atom is 0.125 e. The number of pyridine rings is 1. The molecule has 0 saturated heterocycles. The van der Waals surface area contributed by atoms with E-state index in [9.17, 15) is 0 Å². The van der Waals surface area contributed by atoms with Crippen LogP contribution in [0.25, 0.3) is 31.9 Å². The molecule has 4 heteroatoms. The molecule has 0 radical (unpaired) electrons. The fourth-order valence-corrected chi connectivity index (χ4v) is 6.54. The lowest BCUT2D eigenvalue weighted by molar-refractivity contribution is -0.00000540. The number of hydrogen-bond donors (Lipinski definition) is 0. The standard InChI is InChI=1S/C24H23NS2.ClH/c1-14-6-4-7-17(12-14)21-16(3)23(19-8-5-11-26-19)25-24-22(21)18-10-9-15(2)13-20(18)27-24;/h4-8,11-12,15H,9-10,13H2,1-3H3;1H/p-1. The molecule has 1 aromatic carbocycles. The summed E-state index contributed by atoms with van der Waals surface area (Å²) in [7, 11) is 0. The van der Waals surface area contributed by atoms with Crippen molar-refractivity contribution < 1.29 is 12.4 Å². The summed E-state index contributed by atoms with van der Waals surface area (Å²) in [4.78, 5) is 9.24. The number of rotatable bonds is 2. The van der Waals surface area contributed by atoms with Crippen molar-refractivity contribution in [2.75, 3.05) is 0 Å². The van der Waals surface area contributed by atoms with Gasteiger partial charge in [0.05, 0.1) is 10.6 Å². The number of aryl methyl sites for hydroxylation is 2. The van der Waals surface area contributed by atoms with Gasteiger partial charge in [-0.05, 0) is 72.7 Å². The third-order valence-corrected chi connectivity index (χ3v) is 7.77. The van der Waals surface area contributed by atoms with E-state index in [0.717, 1.165) is 11.6 Å². The van der Waals surface area contributed by atoms with E-state index in [1.807, 2.05) is 11.3 Å². The van der Waals surface area contributed by atoms with Gasteiger partial charge in [-0.2, -0.15) is 0 Å². The second kappa shape index (κ2) is 7.62. The molecule has 1 atom stereocenters. The Labute approximate surface area is 180 Å². The molecule has 28 heavy (non-hydrogen) atoms. The molecule has 0 amide bonds. The molecule has 3 aromatic heterocycles. The number of benzene rings is 1. The van der Waals surface area contributed by atoms with Crippen molar-refractivity contribution in [1.82, 2.24) is 4.98 Å². The number of aromatic nitrogens is 1. The van der Waals surface area contributed by atoms with E-state index in [4.69, 9.17) is 4.98 Å². The monoisotopic (exact) mass is 424 g/mol. The van der Waals surface area contributed by atoms with Crippen molar-refractivity contribution in [3.8, 4) is 21.7 Å². The zero-order chi connectivity index (χ0) is 18.5. The first-order valence-electron chi connectivity index (χ1n) is 9.67. The van der Waals surface area contributed by atoms with Crippen LogP contribution >= 0.6 is 22.7 Å². The van der Waals surface area contributed by atoms with Gasteiger partial charge < -0.3 is 12.4 Å². The Morgan fingerprint density at radius 3 is 2.71 bits per heavy atom. The van der Waals surface area contributed by atoms with Crippen LogP contribution < -0.4 is 12.4 Å². The van der Waals surface area contributed by atoms with Crippen LogP contribution in [0.1, 0.15) is 34.9 Å². The van der Waals surface area contributed by atoms with Crippen molar-refractivity contribution in [3.05, 3.63) is 63.3 Å². The molecule has 4 aromatic rings. The zero-order valence-electron chi connectivity index (χ0n) is 16.4. The van der Waals surface area contributed by atoms with E-state index in [1.54, 1.807) is 21.8 Å². The highest BCUT2D eigenvalue weighted by Gasteiger charge is 2.25. The summed E-state index contributed by atoms with van der Waals surface area (Å²) < 4.78 is 0. The third-order valence-electron chi connectivity index (χ3n) is 5.75. The SMILES string of the molecule is Cc1cccc(-c2c(C)c(-c3cccs3)nc3sc4c(c23)CCC(C)C4)c1.[Cl-]. The second-order valence-electron chi connectivity index (χ2n) is 7.84. The van der Waals surface area contributed by atoms with Crippen LogP contribution in [0, 0.1) is 19.8 Å². The summed E-state index contributed by atoms with van der Waals surface area (Å²) >= 11 is 3.71. The highest BCUT2D eigenvalue weighted by atomic mass is 35.5. The molecule has 1 aliphatic rings. The van der Waals surface area contributed by atoms with Gasteiger partial charge in [-0.25, -0.2) is 4.98 Å². The lowest BCUT2D eigenvalue weighted by Gasteiger charge is -2.19. The third kappa shape index (κ3) is 3.20. The topological polar surface area (TPSA) is 12.9 Å². The van der Waals surface area contributed by atoms with Crippen LogP contribution in [0.4, 0.5) is 0 Å². The maximum absolute atomic E-state index is 5.18. The lowest BCUT2D eigenvalue weighted by atomic mass is 9.86. The number of nitrogens with zero attached hydrogens (tertiary/aromatic N) is 1. The van der Waals surface area contributed by atoms with Crippen molar-refractivity contribution in [2.45, 2.75) is 40.0 Å². The largest absolute Gasteiger partial charge is 1.00 e. The van der Waals surface area contributed by atoms with Crippen LogP contribution in [0.3, 0.4) is 0 Å². The molecule has 0 fully saturated rings. The summed E-state index contributed by atoms with van der Waals surface area (Å²) in [5, 5.41) is 3.57. The van der Waals surface area contributed by atoms with E-state index in [2.05, 4.69) is 62.5 Å². The quantitative estimate of drug-likeness (QED) is 0.463. The Kier molecular flexibility index (Phi) is 5.34. The first-order chi connectivity index (χ1) is 13.1. The fraction of sp³-hybridized carbons (Fsp3) is 0.292. The van der Waals surface area contributed by atoms with Gasteiger partial charge >= 0.3 is 0 Å². The van der Waals surface area contributed by atoms with Gasteiger partial charge in [-0.15, -0.1) is 22.7 Å². The summed E-state index contributed by atoms with van der Waals surface area (Å²) in [6.07, 6.45) is 3.68. The highest BCUT2D eigenvalue weighted by Crippen LogP contribution is 2.45. The van der Waals surface area contributed by atoms with Crippen molar-refractivity contribution >= 4 is 32.9 Å². The van der Waals surface area contributed by atoms with E-state index in [0.29, 0.717) is 0 Å². The molecule has 0 N–H and O–H groups in total. The normalized spacial score (nSPS) is 16.0. The van der Waals surface area contributed by atoms with Crippen LogP contribution in [0.15, 0.2) is 41.8 Å². The molecule has 3 heterocycles. The summed E-state index contributed by atoms with van der Waals surface area (Å²) in [5.74, 6) is 0.783. The molecule has 0 bridgehead atoms. The minimum Gasteiger partial charge on any atom is -1.00 e. The van der Waals surface area contributed by atoms with Crippen LogP contribution in [-0.4, -0.2) is 4.98 Å². The van der Waals surface area contributed by atoms with Gasteiger partial charge in [0.25, 0.3) is 0 Å². The molecule has 5 rings (SSSR count). The van der Waals surface area contributed by atoms with E-state index in [-0.39, 0.29) is 12.4 Å². The van der Waals surface area contributed by atoms with Crippen LogP contribution in [-0.2, 0) is 12.8 Å². The van der Waals surface area contributed by atoms with Gasteiger partial charge in [0.2, 0.25) is 0 Å². The van der Waals surface area contributed by atoms with E-state index in [1.165, 1.54) is 56.6 Å². The minimum absolute atomic E-state index is 0. The number of fused-ring (bicyclic) bond motifs is 3. The maximum atomic E-state index is 5.18. The van der Waals surface area contributed by atoms with Crippen LogP contribution in [0.5, 0.6) is 0 Å². The average Bonchev–Trinajstić information content (AvgIpc) is 3.28. The predicted molar refractivity (Wildman–Crippen MR) is 119 cm³/mol. The first-order valence-corrected chi connectivity index (χ1v) is 11.4. The zero-order valence-corrected chi connectivity index (χ0v) is 18.8. The molecule has 0 saturated carbocycles. The Balaban J connectivity index is 0.00000192. The molecule has 1 aliphatic carbocycles. The molecule has 0 aliphatic heterocycles. The number of hydrogen-bond acceptors (Lipinski definition) is 3. The van der Waals surface area contributed by atoms with Crippen LogP contribution in [0.2, 0.25) is 0 Å². The highest BCUT2D eigenvalue weighted by molar-refractivity contribution is 7.19. The summed E-state index contributed by atoms with van der Waals surface area (Å²) in [6, 6.07) is 13.3. The molecule has 1 unspecified atom stereocenters. The summed E-state index contributed by atoms with van der Waals surface area (Å²) in [5.41, 5.74) is 8.08. The first kappa shape index (κ1) is 19.6. The van der Waals surface area contributed by atoms with E-state index >= 15 is 0 Å². The van der Waals surface area contributed by atoms with Gasteiger partial charge in [-0.1, -0.05) is 42.8 Å². The van der Waals surface area contributed by atoms with Crippen molar-refractivity contribution in [1.29, 1.82) is 0 Å². The van der Waals surface area contributed by atoms with E-state index < -0.39 is 0 Å². The molecule has 144 valence electrons.